The van der Waals surface area contributed by atoms with E-state index in [1.54, 1.807) is 0 Å². The topological polar surface area (TPSA) is 47.7 Å². The third-order valence-corrected chi connectivity index (χ3v) is 8.24. The molecular weight excluding hydrogens is 478 g/mol. The van der Waals surface area contributed by atoms with Crippen LogP contribution in [-0.2, 0) is 0 Å². The number of anilines is 1. The van der Waals surface area contributed by atoms with Crippen LogP contribution in [0.5, 0.6) is 0 Å². The van der Waals surface area contributed by atoms with Crippen molar-refractivity contribution in [1.29, 1.82) is 0 Å². The number of nitrogens with one attached hydrogen (secondary N) is 1. The Bertz CT molecular complexity index is 2180. The van der Waals surface area contributed by atoms with Crippen LogP contribution in [0.1, 0.15) is 17.9 Å². The fourth-order valence-electron chi connectivity index (χ4n) is 6.52. The van der Waals surface area contributed by atoms with Crippen LogP contribution >= 0.6 is 0 Å². The molecular formula is C34H23N5. The highest BCUT2D eigenvalue weighted by atomic mass is 15.1. The average molecular weight is 502 g/mol. The summed E-state index contributed by atoms with van der Waals surface area (Å²) in [6, 6.07) is 36.1. The van der Waals surface area contributed by atoms with Gasteiger partial charge in [0.1, 0.15) is 11.0 Å². The summed E-state index contributed by atoms with van der Waals surface area (Å²) < 4.78 is 4.57. The van der Waals surface area contributed by atoms with Crippen LogP contribution in [0, 0.1) is 0 Å². The number of para-hydroxylation sites is 4. The number of fused-ring (bicyclic) bond motifs is 9. The van der Waals surface area contributed by atoms with Crippen molar-refractivity contribution in [2.45, 2.75) is 12.3 Å². The van der Waals surface area contributed by atoms with Gasteiger partial charge in [-0.05, 0) is 48.0 Å². The summed E-state index contributed by atoms with van der Waals surface area (Å²) >= 11 is 0. The van der Waals surface area contributed by atoms with Gasteiger partial charge in [0, 0.05) is 45.9 Å². The largest absolute Gasteiger partial charge is 0.358 e. The molecule has 5 heteroatoms. The van der Waals surface area contributed by atoms with Gasteiger partial charge in [-0.3, -0.25) is 9.13 Å². The highest BCUT2D eigenvalue weighted by Gasteiger charge is 2.31. The van der Waals surface area contributed by atoms with Crippen LogP contribution in [0.4, 0.5) is 5.69 Å². The maximum absolute atomic E-state index is 5.40. The number of hydrogen-bond donors (Lipinski definition) is 1. The molecule has 0 radical (unpaired) electrons. The molecule has 39 heavy (non-hydrogen) atoms. The molecule has 9 rings (SSSR count). The Kier molecular flexibility index (Phi) is 4.11. The fraction of sp³-hybridized carbons (Fsp3) is 0.0588. The molecule has 0 fully saturated rings. The second kappa shape index (κ2) is 7.68. The molecule has 1 unspecified atom stereocenters. The predicted molar refractivity (Wildman–Crippen MR) is 159 cm³/mol. The minimum Gasteiger partial charge on any atom is -0.358 e. The standard InChI is InChI=1S/C34H23N5/c1-2-10-21(11-3-1)38-29-16-8-5-13-24(29)31-33(38)36-32-25-14-6-9-17-30(25)39(34(32)37-31)22-18-19-28-26(20-22)23-12-4-7-15-27(23)35-28/h1-19,26,35H,20H2. The first kappa shape index (κ1) is 20.8. The Hall–Kier alpha value is -5.16. The third-order valence-electron chi connectivity index (χ3n) is 8.24. The highest BCUT2D eigenvalue weighted by molar-refractivity contribution is 6.13. The molecule has 3 aromatic heterocycles. The number of benzene rings is 4. The van der Waals surface area contributed by atoms with Crippen LogP contribution in [0.15, 0.2) is 121 Å². The lowest BCUT2D eigenvalue weighted by atomic mass is 9.90. The van der Waals surface area contributed by atoms with Gasteiger partial charge in [0.15, 0.2) is 11.3 Å². The number of aromatic nitrogens is 4. The zero-order valence-corrected chi connectivity index (χ0v) is 21.0. The molecule has 0 spiro atoms. The van der Waals surface area contributed by atoms with Crippen molar-refractivity contribution in [2.75, 3.05) is 5.32 Å². The molecule has 184 valence electrons. The molecule has 1 aliphatic heterocycles. The van der Waals surface area contributed by atoms with E-state index in [-0.39, 0.29) is 0 Å². The lowest BCUT2D eigenvalue weighted by Crippen LogP contribution is -2.09. The molecule has 0 amide bonds. The predicted octanol–water partition coefficient (Wildman–Crippen LogP) is 8.02. The first-order valence-electron chi connectivity index (χ1n) is 13.4. The Labute approximate surface area is 224 Å². The molecule has 2 aliphatic rings. The van der Waals surface area contributed by atoms with Crippen LogP contribution in [0.3, 0.4) is 0 Å². The number of allylic oxidation sites excluding steroid dienone is 4. The highest BCUT2D eigenvalue weighted by Crippen LogP contribution is 2.46. The van der Waals surface area contributed by atoms with E-state index >= 15 is 0 Å². The molecule has 7 aromatic rings. The van der Waals surface area contributed by atoms with Crippen molar-refractivity contribution in [3.05, 3.63) is 127 Å². The van der Waals surface area contributed by atoms with Gasteiger partial charge in [0.25, 0.3) is 0 Å². The van der Waals surface area contributed by atoms with Crippen molar-refractivity contribution >= 4 is 55.5 Å². The van der Waals surface area contributed by atoms with Gasteiger partial charge < -0.3 is 5.32 Å². The molecule has 4 aromatic carbocycles. The Morgan fingerprint density at radius 3 is 2.00 bits per heavy atom. The quantitative estimate of drug-likeness (QED) is 0.261. The molecule has 0 saturated heterocycles. The van der Waals surface area contributed by atoms with E-state index in [4.69, 9.17) is 9.97 Å². The first-order chi connectivity index (χ1) is 19.3. The van der Waals surface area contributed by atoms with Crippen LogP contribution < -0.4 is 5.32 Å². The Balaban J connectivity index is 1.34. The summed E-state index contributed by atoms with van der Waals surface area (Å²) in [6.07, 6.45) is 5.38. The van der Waals surface area contributed by atoms with Gasteiger partial charge in [0.05, 0.1) is 11.0 Å². The van der Waals surface area contributed by atoms with E-state index in [0.29, 0.717) is 5.92 Å². The first-order valence-corrected chi connectivity index (χ1v) is 13.4. The second-order valence-electron chi connectivity index (χ2n) is 10.4. The zero-order chi connectivity index (χ0) is 25.5. The van der Waals surface area contributed by atoms with E-state index < -0.39 is 0 Å². The summed E-state index contributed by atoms with van der Waals surface area (Å²) in [6.45, 7) is 0. The van der Waals surface area contributed by atoms with E-state index in [1.807, 2.05) is 6.07 Å². The normalized spacial score (nSPS) is 16.4. The maximum Gasteiger partial charge on any atom is 0.165 e. The second-order valence-corrected chi connectivity index (χ2v) is 10.4. The monoisotopic (exact) mass is 501 g/mol. The number of rotatable bonds is 2. The molecule has 0 saturated carbocycles. The summed E-state index contributed by atoms with van der Waals surface area (Å²) in [5.74, 6) is 0.314. The van der Waals surface area contributed by atoms with Crippen molar-refractivity contribution < 1.29 is 0 Å². The molecule has 0 bridgehead atoms. The summed E-state index contributed by atoms with van der Waals surface area (Å²) in [5, 5.41) is 5.84. The summed E-state index contributed by atoms with van der Waals surface area (Å²) in [7, 11) is 0. The van der Waals surface area contributed by atoms with E-state index in [1.165, 1.54) is 22.6 Å². The van der Waals surface area contributed by atoms with Crippen molar-refractivity contribution in [2.24, 2.45) is 0 Å². The molecule has 1 N–H and O–H groups in total. The van der Waals surface area contributed by atoms with E-state index in [2.05, 4.69) is 124 Å². The van der Waals surface area contributed by atoms with Crippen LogP contribution in [-0.4, -0.2) is 19.1 Å². The number of hydrogen-bond acceptors (Lipinski definition) is 3. The van der Waals surface area contributed by atoms with Gasteiger partial charge in [-0.2, -0.15) is 0 Å². The zero-order valence-electron chi connectivity index (χ0n) is 21.0. The Morgan fingerprint density at radius 2 is 1.23 bits per heavy atom. The lowest BCUT2D eigenvalue weighted by molar-refractivity contribution is 0.819. The van der Waals surface area contributed by atoms with Crippen LogP contribution in [0.25, 0.3) is 55.5 Å². The summed E-state index contributed by atoms with van der Waals surface area (Å²) in [5.41, 5.74) is 12.0. The summed E-state index contributed by atoms with van der Waals surface area (Å²) in [4.78, 5) is 10.8. The molecule has 1 aliphatic carbocycles. The fourth-order valence-corrected chi connectivity index (χ4v) is 6.52. The number of nitrogens with zero attached hydrogens (tertiary/aromatic N) is 4. The van der Waals surface area contributed by atoms with E-state index in [0.717, 1.165) is 56.2 Å². The SMILES string of the molecule is C1=C2Nc3ccccc3C2CC(n2c3ccccc3c3nc4c(nc32)c2ccccc2n4-c2ccccc2)=C1. The maximum atomic E-state index is 5.40. The minimum absolute atomic E-state index is 0.314. The van der Waals surface area contributed by atoms with Gasteiger partial charge in [-0.1, -0.05) is 72.8 Å². The smallest absolute Gasteiger partial charge is 0.165 e. The molecule has 1 atom stereocenters. The molecule has 5 nitrogen and oxygen atoms in total. The van der Waals surface area contributed by atoms with Crippen molar-refractivity contribution in [3.63, 3.8) is 0 Å². The van der Waals surface area contributed by atoms with Gasteiger partial charge in [-0.25, -0.2) is 9.97 Å². The van der Waals surface area contributed by atoms with Crippen LogP contribution in [0.2, 0.25) is 0 Å². The average Bonchev–Trinajstić information content (AvgIpc) is 3.63. The van der Waals surface area contributed by atoms with Gasteiger partial charge >= 0.3 is 0 Å². The van der Waals surface area contributed by atoms with Crippen molar-refractivity contribution in [1.82, 2.24) is 19.1 Å². The lowest BCUT2D eigenvalue weighted by Gasteiger charge is -2.21. The third kappa shape index (κ3) is 2.84. The van der Waals surface area contributed by atoms with Crippen molar-refractivity contribution in [3.8, 4) is 5.69 Å². The van der Waals surface area contributed by atoms with Gasteiger partial charge in [-0.15, -0.1) is 0 Å². The minimum atomic E-state index is 0.314. The molecule has 4 heterocycles. The van der Waals surface area contributed by atoms with E-state index in [9.17, 15) is 0 Å². The van der Waals surface area contributed by atoms with Gasteiger partial charge in [0.2, 0.25) is 0 Å². The Morgan fingerprint density at radius 1 is 0.615 bits per heavy atom.